The molecule has 1 fully saturated rings. The Morgan fingerprint density at radius 1 is 1.14 bits per heavy atom. The summed E-state index contributed by atoms with van der Waals surface area (Å²) in [5, 5.41) is 12.9. The number of carbonyl (C=O) groups is 2. The van der Waals surface area contributed by atoms with Crippen molar-refractivity contribution >= 4 is 28.8 Å². The van der Waals surface area contributed by atoms with Gasteiger partial charge in [0, 0.05) is 29.4 Å². The number of likely N-dealkylation sites (tertiary alicyclic amines) is 1. The molecule has 1 unspecified atom stereocenters. The Morgan fingerprint density at radius 2 is 1.93 bits per heavy atom. The molecule has 1 amide bonds. The summed E-state index contributed by atoms with van der Waals surface area (Å²) in [6, 6.07) is 13.8. The number of Topliss-reactive ketones (excluding diaryl/α,β-unsaturated/α-hetero) is 1. The molecule has 0 saturated carbocycles. The molecule has 1 N–H and O–H groups in total. The molecular formula is C22H18N2O3S. The van der Waals surface area contributed by atoms with Crippen LogP contribution in [0.4, 0.5) is 0 Å². The normalized spacial score (nSPS) is 18.6. The van der Waals surface area contributed by atoms with Gasteiger partial charge in [0.25, 0.3) is 11.7 Å². The average molecular weight is 390 g/mol. The fourth-order valence-electron chi connectivity index (χ4n) is 3.42. The molecule has 2 aromatic heterocycles. The van der Waals surface area contributed by atoms with Crippen LogP contribution in [0.15, 0.2) is 71.9 Å². The van der Waals surface area contributed by atoms with E-state index in [1.54, 1.807) is 42.7 Å². The smallest absolute Gasteiger partial charge is 0.295 e. The first-order chi connectivity index (χ1) is 13.6. The van der Waals surface area contributed by atoms with Gasteiger partial charge in [0.2, 0.25) is 0 Å². The van der Waals surface area contributed by atoms with Crippen molar-refractivity contribution in [2.24, 2.45) is 0 Å². The highest BCUT2D eigenvalue weighted by Gasteiger charge is 2.47. The second-order valence-electron chi connectivity index (χ2n) is 6.62. The van der Waals surface area contributed by atoms with Crippen LogP contribution in [-0.2, 0) is 16.1 Å². The third kappa shape index (κ3) is 3.12. The number of pyridine rings is 1. The Kier molecular flexibility index (Phi) is 4.79. The average Bonchev–Trinajstić information content (AvgIpc) is 3.25. The minimum atomic E-state index is -0.664. The van der Waals surface area contributed by atoms with Gasteiger partial charge < -0.3 is 10.0 Å². The Hall–Kier alpha value is -3.25. The molecule has 3 heterocycles. The van der Waals surface area contributed by atoms with Gasteiger partial charge in [-0.3, -0.25) is 14.6 Å². The number of ketones is 1. The predicted octanol–water partition coefficient (Wildman–Crippen LogP) is 4.07. The van der Waals surface area contributed by atoms with Gasteiger partial charge in [-0.2, -0.15) is 0 Å². The van der Waals surface area contributed by atoms with E-state index < -0.39 is 17.7 Å². The largest absolute Gasteiger partial charge is 0.507 e. The number of benzene rings is 1. The molecule has 3 aromatic rings. The monoisotopic (exact) mass is 390 g/mol. The van der Waals surface area contributed by atoms with E-state index in [1.165, 1.54) is 16.2 Å². The number of rotatable bonds is 4. The van der Waals surface area contributed by atoms with Crippen molar-refractivity contribution in [1.82, 2.24) is 9.88 Å². The van der Waals surface area contributed by atoms with E-state index in [1.807, 2.05) is 30.5 Å². The maximum Gasteiger partial charge on any atom is 0.295 e. The summed E-state index contributed by atoms with van der Waals surface area (Å²) in [5.74, 6) is -1.42. The zero-order chi connectivity index (χ0) is 19.7. The molecule has 1 aliphatic heterocycles. The molecule has 0 spiro atoms. The SMILES string of the molecule is Cc1ccsc1C1/C(=C(/O)c2ccccc2)C(=O)C(=O)N1Cc1cccnc1. The molecule has 5 nitrogen and oxygen atoms in total. The lowest BCUT2D eigenvalue weighted by atomic mass is 9.98. The first-order valence-electron chi connectivity index (χ1n) is 8.84. The van der Waals surface area contributed by atoms with Gasteiger partial charge in [-0.15, -0.1) is 11.3 Å². The van der Waals surface area contributed by atoms with Gasteiger partial charge in [0.15, 0.2) is 0 Å². The van der Waals surface area contributed by atoms with Crippen LogP contribution < -0.4 is 0 Å². The van der Waals surface area contributed by atoms with Crippen LogP contribution in [0, 0.1) is 6.92 Å². The van der Waals surface area contributed by atoms with E-state index in [0.29, 0.717) is 5.56 Å². The van der Waals surface area contributed by atoms with Crippen LogP contribution in [0.3, 0.4) is 0 Å². The van der Waals surface area contributed by atoms with Crippen molar-refractivity contribution in [3.8, 4) is 0 Å². The second kappa shape index (κ2) is 7.40. The second-order valence-corrected chi connectivity index (χ2v) is 7.57. The first kappa shape index (κ1) is 18.1. The molecular weight excluding hydrogens is 372 g/mol. The van der Waals surface area contributed by atoms with Crippen LogP contribution >= 0.6 is 11.3 Å². The number of nitrogens with zero attached hydrogens (tertiary/aromatic N) is 2. The number of hydrogen-bond donors (Lipinski definition) is 1. The summed E-state index contributed by atoms with van der Waals surface area (Å²) in [4.78, 5) is 32.3. The molecule has 6 heteroatoms. The zero-order valence-corrected chi connectivity index (χ0v) is 16.0. The van der Waals surface area contributed by atoms with Gasteiger partial charge in [0.1, 0.15) is 11.8 Å². The zero-order valence-electron chi connectivity index (χ0n) is 15.2. The van der Waals surface area contributed by atoms with Crippen LogP contribution in [0.25, 0.3) is 5.76 Å². The van der Waals surface area contributed by atoms with Crippen molar-refractivity contribution in [2.45, 2.75) is 19.5 Å². The van der Waals surface area contributed by atoms with Crippen LogP contribution in [0.1, 0.15) is 27.6 Å². The molecule has 0 aliphatic carbocycles. The van der Waals surface area contributed by atoms with Gasteiger partial charge in [0.05, 0.1) is 5.57 Å². The van der Waals surface area contributed by atoms with Gasteiger partial charge >= 0.3 is 0 Å². The summed E-state index contributed by atoms with van der Waals surface area (Å²) < 4.78 is 0. The highest BCUT2D eigenvalue weighted by atomic mass is 32.1. The molecule has 1 atom stereocenters. The molecule has 1 aliphatic rings. The molecule has 28 heavy (non-hydrogen) atoms. The highest BCUT2D eigenvalue weighted by molar-refractivity contribution is 7.10. The Labute approximate surface area is 166 Å². The Morgan fingerprint density at radius 3 is 2.57 bits per heavy atom. The number of aryl methyl sites for hydroxylation is 1. The van der Waals surface area contributed by atoms with Crippen LogP contribution in [-0.4, -0.2) is 26.7 Å². The Bertz CT molecular complexity index is 1060. The fourth-order valence-corrected chi connectivity index (χ4v) is 4.47. The van der Waals surface area contributed by atoms with Gasteiger partial charge in [-0.05, 0) is 35.6 Å². The molecule has 0 radical (unpaired) electrons. The number of aliphatic hydroxyl groups excluding tert-OH is 1. The number of hydrogen-bond acceptors (Lipinski definition) is 5. The summed E-state index contributed by atoms with van der Waals surface area (Å²) in [5.41, 5.74) is 2.45. The number of thiophene rings is 1. The van der Waals surface area contributed by atoms with Crippen LogP contribution in [0.5, 0.6) is 0 Å². The number of aliphatic hydroxyl groups is 1. The van der Waals surface area contributed by atoms with Gasteiger partial charge in [-0.1, -0.05) is 36.4 Å². The third-order valence-corrected chi connectivity index (χ3v) is 5.88. The molecule has 0 bridgehead atoms. The standard InChI is InChI=1S/C22H18N2O3S/c1-14-9-11-28-21(14)18-17(19(25)16-7-3-2-4-8-16)20(26)22(27)24(18)13-15-6-5-10-23-12-15/h2-12,18,25H,13H2,1H3/b19-17-. The summed E-state index contributed by atoms with van der Waals surface area (Å²) >= 11 is 1.47. The van der Waals surface area contributed by atoms with E-state index in [0.717, 1.165) is 16.0 Å². The lowest BCUT2D eigenvalue weighted by molar-refractivity contribution is -0.140. The number of aromatic nitrogens is 1. The number of carbonyl (C=O) groups excluding carboxylic acids is 2. The van der Waals surface area contributed by atoms with E-state index in [9.17, 15) is 14.7 Å². The topological polar surface area (TPSA) is 70.5 Å². The van der Waals surface area contributed by atoms with E-state index in [4.69, 9.17) is 0 Å². The van der Waals surface area contributed by atoms with Crippen molar-refractivity contribution < 1.29 is 14.7 Å². The lowest BCUT2D eigenvalue weighted by Gasteiger charge is -2.24. The molecule has 4 rings (SSSR count). The fraction of sp³-hybridized carbons (Fsp3) is 0.136. The molecule has 1 saturated heterocycles. The first-order valence-corrected chi connectivity index (χ1v) is 9.72. The third-order valence-electron chi connectivity index (χ3n) is 4.81. The Balaban J connectivity index is 1.87. The highest BCUT2D eigenvalue weighted by Crippen LogP contribution is 2.43. The summed E-state index contributed by atoms with van der Waals surface area (Å²) in [6.07, 6.45) is 3.34. The lowest BCUT2D eigenvalue weighted by Crippen LogP contribution is -2.29. The number of amides is 1. The van der Waals surface area contributed by atoms with Crippen LogP contribution in [0.2, 0.25) is 0 Å². The maximum atomic E-state index is 12.9. The van der Waals surface area contributed by atoms with Crippen molar-refractivity contribution in [3.05, 3.63) is 93.4 Å². The van der Waals surface area contributed by atoms with Crippen molar-refractivity contribution in [1.29, 1.82) is 0 Å². The molecule has 140 valence electrons. The van der Waals surface area contributed by atoms with E-state index in [-0.39, 0.29) is 17.9 Å². The maximum absolute atomic E-state index is 12.9. The quantitative estimate of drug-likeness (QED) is 0.414. The minimum absolute atomic E-state index is 0.130. The van der Waals surface area contributed by atoms with Crippen molar-refractivity contribution in [2.75, 3.05) is 0 Å². The van der Waals surface area contributed by atoms with E-state index in [2.05, 4.69) is 4.98 Å². The summed E-state index contributed by atoms with van der Waals surface area (Å²) in [6.45, 7) is 2.19. The summed E-state index contributed by atoms with van der Waals surface area (Å²) in [7, 11) is 0. The minimum Gasteiger partial charge on any atom is -0.507 e. The molecule has 1 aromatic carbocycles. The predicted molar refractivity (Wildman–Crippen MR) is 108 cm³/mol. The van der Waals surface area contributed by atoms with Gasteiger partial charge in [-0.25, -0.2) is 0 Å². The van der Waals surface area contributed by atoms with Crippen molar-refractivity contribution in [3.63, 3.8) is 0 Å². The van der Waals surface area contributed by atoms with E-state index >= 15 is 0 Å².